The molecule has 1 rings (SSSR count). The number of hydrogen-bond donors (Lipinski definition) is 1. The zero-order chi connectivity index (χ0) is 14.6. The topological polar surface area (TPSA) is 111 Å². The Kier molecular flexibility index (Phi) is 4.15. The second kappa shape index (κ2) is 5.42. The van der Waals surface area contributed by atoms with E-state index in [1.54, 1.807) is 20.8 Å². The minimum absolute atomic E-state index is 0.0508. The fraction of sp³-hybridized carbons (Fsp3) is 0.364. The van der Waals surface area contributed by atoms with Crippen molar-refractivity contribution in [3.63, 3.8) is 0 Å². The fourth-order valence-electron chi connectivity index (χ4n) is 1.23. The highest BCUT2D eigenvalue weighted by Gasteiger charge is 2.18. The molecule has 1 aromatic rings. The van der Waals surface area contributed by atoms with Crippen LogP contribution in [0.1, 0.15) is 20.8 Å². The summed E-state index contributed by atoms with van der Waals surface area (Å²) in [6.45, 7) is 5.05. The van der Waals surface area contributed by atoms with Crippen molar-refractivity contribution < 1.29 is 14.5 Å². The Morgan fingerprint density at radius 1 is 1.42 bits per heavy atom. The Morgan fingerprint density at radius 3 is 2.53 bits per heavy atom. The van der Waals surface area contributed by atoms with Crippen molar-refractivity contribution in [2.45, 2.75) is 26.4 Å². The van der Waals surface area contributed by atoms with Gasteiger partial charge < -0.3 is 4.74 Å². The van der Waals surface area contributed by atoms with Gasteiger partial charge in [-0.2, -0.15) is 0 Å². The summed E-state index contributed by atoms with van der Waals surface area (Å²) in [7, 11) is 0. The van der Waals surface area contributed by atoms with Gasteiger partial charge >= 0.3 is 6.09 Å². The normalized spacial score (nSPS) is 10.7. The van der Waals surface area contributed by atoms with Crippen LogP contribution in [-0.2, 0) is 4.74 Å². The van der Waals surface area contributed by atoms with E-state index >= 15 is 0 Å². The van der Waals surface area contributed by atoms with E-state index in [-0.39, 0.29) is 17.1 Å². The molecule has 8 nitrogen and oxygen atoms in total. The van der Waals surface area contributed by atoms with Gasteiger partial charge in [0.2, 0.25) is 0 Å². The molecule has 1 amide bonds. The molecule has 0 saturated carbocycles. The van der Waals surface area contributed by atoms with Crippen LogP contribution in [0.5, 0.6) is 0 Å². The second-order valence-corrected chi connectivity index (χ2v) is 4.68. The van der Waals surface area contributed by atoms with E-state index in [1.165, 1.54) is 6.07 Å². The molecule has 0 saturated heterocycles. The Bertz CT molecular complexity index is 522. The molecule has 0 spiro atoms. The minimum atomic E-state index is -0.772. The summed E-state index contributed by atoms with van der Waals surface area (Å²) in [4.78, 5) is 32.0. The number of amides is 1. The van der Waals surface area contributed by atoms with Crippen LogP contribution in [0.4, 0.5) is 21.9 Å². The zero-order valence-electron chi connectivity index (χ0n) is 10.7. The van der Waals surface area contributed by atoms with Gasteiger partial charge in [0.25, 0.3) is 5.69 Å². The third-order valence-electron chi connectivity index (χ3n) is 1.93. The van der Waals surface area contributed by atoms with Crippen molar-refractivity contribution in [3.05, 3.63) is 33.2 Å². The van der Waals surface area contributed by atoms with Crippen molar-refractivity contribution >= 4 is 23.2 Å². The zero-order valence-corrected chi connectivity index (χ0v) is 10.7. The lowest BCUT2D eigenvalue weighted by Crippen LogP contribution is -2.27. The maximum absolute atomic E-state index is 11.5. The van der Waals surface area contributed by atoms with E-state index < -0.39 is 16.6 Å². The van der Waals surface area contributed by atoms with Crippen LogP contribution in [0.2, 0.25) is 0 Å². The van der Waals surface area contributed by atoms with Gasteiger partial charge in [0, 0.05) is 12.1 Å². The maximum Gasteiger partial charge on any atom is 0.412 e. The lowest BCUT2D eigenvalue weighted by atomic mass is 10.2. The number of nitro groups is 1. The van der Waals surface area contributed by atoms with Gasteiger partial charge in [-0.25, -0.2) is 4.79 Å². The Morgan fingerprint density at radius 2 is 2.05 bits per heavy atom. The number of benzene rings is 1. The number of nitrogens with zero attached hydrogens (tertiary/aromatic N) is 2. The van der Waals surface area contributed by atoms with E-state index in [0.29, 0.717) is 0 Å². The number of carbonyl (C=O) groups is 1. The maximum atomic E-state index is 11.5. The molecule has 8 heteroatoms. The molecule has 102 valence electrons. The Balaban J connectivity index is 2.93. The minimum Gasteiger partial charge on any atom is -0.444 e. The SMILES string of the molecule is CC(C)(C)OC(=O)Nc1ccc([N+](=O)[O-])cc1N=O. The first kappa shape index (κ1) is 14.6. The molecule has 19 heavy (non-hydrogen) atoms. The highest BCUT2D eigenvalue weighted by atomic mass is 16.6. The predicted molar refractivity (Wildman–Crippen MR) is 68.4 cm³/mol. The van der Waals surface area contributed by atoms with Crippen LogP contribution in [0, 0.1) is 15.0 Å². The van der Waals surface area contributed by atoms with Crippen molar-refractivity contribution in [3.8, 4) is 0 Å². The van der Waals surface area contributed by atoms with Gasteiger partial charge in [-0.1, -0.05) is 0 Å². The smallest absolute Gasteiger partial charge is 0.412 e. The highest BCUT2D eigenvalue weighted by molar-refractivity contribution is 5.89. The molecule has 0 aliphatic carbocycles. The van der Waals surface area contributed by atoms with E-state index in [9.17, 15) is 19.8 Å². The summed E-state index contributed by atoms with van der Waals surface area (Å²) in [5.41, 5.74) is -1.17. The van der Waals surface area contributed by atoms with E-state index in [4.69, 9.17) is 4.74 Å². The number of carbonyl (C=O) groups excluding carboxylic acids is 1. The summed E-state index contributed by atoms with van der Waals surface area (Å²) in [5, 5.41) is 15.5. The molecular formula is C11H13N3O5. The van der Waals surface area contributed by atoms with Crippen LogP contribution >= 0.6 is 0 Å². The summed E-state index contributed by atoms with van der Waals surface area (Å²) in [6.07, 6.45) is -0.772. The Labute approximate surface area is 108 Å². The number of nitrogens with one attached hydrogen (secondary N) is 1. The number of anilines is 1. The van der Waals surface area contributed by atoms with Gasteiger partial charge in [-0.05, 0) is 32.0 Å². The Hall–Kier alpha value is -2.51. The number of nitro benzene ring substituents is 1. The summed E-state index contributed by atoms with van der Waals surface area (Å²) >= 11 is 0. The van der Waals surface area contributed by atoms with Crippen molar-refractivity contribution in [1.82, 2.24) is 0 Å². The van der Waals surface area contributed by atoms with E-state index in [1.807, 2.05) is 0 Å². The van der Waals surface area contributed by atoms with Crippen LogP contribution < -0.4 is 5.32 Å². The number of non-ortho nitro benzene ring substituents is 1. The summed E-state index contributed by atoms with van der Waals surface area (Å²) < 4.78 is 4.99. The van der Waals surface area contributed by atoms with Gasteiger partial charge in [-0.3, -0.25) is 15.4 Å². The molecule has 0 bridgehead atoms. The molecule has 0 radical (unpaired) electrons. The highest BCUT2D eigenvalue weighted by Crippen LogP contribution is 2.29. The largest absolute Gasteiger partial charge is 0.444 e. The summed E-state index contributed by atoms with van der Waals surface area (Å²) in [6, 6.07) is 3.35. The van der Waals surface area contributed by atoms with Crippen molar-refractivity contribution in [2.24, 2.45) is 5.18 Å². The number of ether oxygens (including phenoxy) is 1. The number of nitroso groups, excluding NO2 is 1. The van der Waals surface area contributed by atoms with Crippen LogP contribution in [0.15, 0.2) is 23.4 Å². The standard InChI is InChI=1S/C11H13N3O5/c1-11(2,3)19-10(15)12-8-5-4-7(14(17)18)6-9(8)13-16/h4-6H,1-3H3,(H,12,15). The molecule has 0 aliphatic rings. The third-order valence-corrected chi connectivity index (χ3v) is 1.93. The first-order chi connectivity index (χ1) is 8.73. The first-order valence-corrected chi connectivity index (χ1v) is 5.35. The molecular weight excluding hydrogens is 254 g/mol. The second-order valence-electron chi connectivity index (χ2n) is 4.68. The molecule has 0 unspecified atom stereocenters. The fourth-order valence-corrected chi connectivity index (χ4v) is 1.23. The average Bonchev–Trinajstić information content (AvgIpc) is 2.26. The quantitative estimate of drug-likeness (QED) is 0.512. The lowest BCUT2D eigenvalue weighted by molar-refractivity contribution is -0.384. The van der Waals surface area contributed by atoms with Crippen LogP contribution in [0.3, 0.4) is 0 Å². The average molecular weight is 267 g/mol. The van der Waals surface area contributed by atoms with Gasteiger partial charge in [-0.15, -0.1) is 4.91 Å². The molecule has 0 heterocycles. The van der Waals surface area contributed by atoms with Gasteiger partial charge in [0.1, 0.15) is 11.3 Å². The lowest BCUT2D eigenvalue weighted by Gasteiger charge is -2.19. The molecule has 0 aliphatic heterocycles. The van der Waals surface area contributed by atoms with Gasteiger partial charge in [0.05, 0.1) is 10.6 Å². The van der Waals surface area contributed by atoms with Crippen molar-refractivity contribution in [1.29, 1.82) is 0 Å². The van der Waals surface area contributed by atoms with E-state index in [2.05, 4.69) is 10.5 Å². The molecule has 1 N–H and O–H groups in total. The molecule has 0 atom stereocenters. The van der Waals surface area contributed by atoms with E-state index in [0.717, 1.165) is 12.1 Å². The van der Waals surface area contributed by atoms with Crippen molar-refractivity contribution in [2.75, 3.05) is 5.32 Å². The van der Waals surface area contributed by atoms with Gasteiger partial charge in [0.15, 0.2) is 0 Å². The van der Waals surface area contributed by atoms with Crippen LogP contribution in [0.25, 0.3) is 0 Å². The summed E-state index contributed by atoms with van der Waals surface area (Å²) in [5.74, 6) is 0. The third kappa shape index (κ3) is 4.34. The van der Waals surface area contributed by atoms with Crippen LogP contribution in [-0.4, -0.2) is 16.6 Å². The molecule has 1 aromatic carbocycles. The molecule has 0 fully saturated rings. The number of rotatable bonds is 3. The predicted octanol–water partition coefficient (Wildman–Crippen LogP) is 3.34. The first-order valence-electron chi connectivity index (χ1n) is 5.35. The molecule has 0 aromatic heterocycles. The monoisotopic (exact) mass is 267 g/mol. The number of hydrogen-bond acceptors (Lipinski definition) is 6.